The number of carbonyl (C=O) groups excluding carboxylic acids is 1. The van der Waals surface area contributed by atoms with E-state index in [2.05, 4.69) is 73.0 Å². The molecule has 3 aromatic rings. The van der Waals surface area contributed by atoms with Crippen LogP contribution in [-0.4, -0.2) is 95.4 Å². The first kappa shape index (κ1) is 27.9. The number of anilines is 1. The summed E-state index contributed by atoms with van der Waals surface area (Å²) in [5.74, 6) is -0.259. The number of aromatic amines is 1. The number of likely N-dealkylation sites (N-methyl/N-ethyl adjacent to an activating group) is 1. The fourth-order valence-electron chi connectivity index (χ4n) is 5.51. The second kappa shape index (κ2) is 13.1. The molecule has 210 valence electrons. The molecule has 0 atom stereocenters. The molecule has 1 aromatic carbocycles. The maximum atomic E-state index is 13.3. The summed E-state index contributed by atoms with van der Waals surface area (Å²) in [6, 6.07) is 8.06. The zero-order valence-electron chi connectivity index (χ0n) is 23.7. The average molecular weight is 541 g/mol. The van der Waals surface area contributed by atoms with Crippen LogP contribution < -0.4 is 5.32 Å². The number of aliphatic imine (C=N–C) groups is 1. The topological polar surface area (TPSA) is 92.7 Å². The maximum absolute atomic E-state index is 13.3. The molecule has 2 N–H and O–H groups in total. The molecular weight excluding hydrogens is 500 g/mol. The van der Waals surface area contributed by atoms with Crippen LogP contribution in [0.15, 0.2) is 59.5 Å². The minimum Gasteiger partial charge on any atom is -0.319 e. The highest BCUT2D eigenvalue weighted by atomic mass is 16.1. The van der Waals surface area contributed by atoms with E-state index in [4.69, 9.17) is 0 Å². The molecule has 2 saturated heterocycles. The summed E-state index contributed by atoms with van der Waals surface area (Å²) in [4.78, 5) is 29.0. The van der Waals surface area contributed by atoms with Crippen molar-refractivity contribution < 1.29 is 4.79 Å². The number of pyridine rings is 1. The van der Waals surface area contributed by atoms with Gasteiger partial charge in [0.2, 0.25) is 0 Å². The minimum absolute atomic E-state index is 0.259. The van der Waals surface area contributed by atoms with Gasteiger partial charge in [-0.1, -0.05) is 18.6 Å². The molecule has 2 aromatic heterocycles. The zero-order chi connectivity index (χ0) is 27.9. The van der Waals surface area contributed by atoms with E-state index in [1.54, 1.807) is 6.20 Å². The summed E-state index contributed by atoms with van der Waals surface area (Å²) in [5, 5.41) is 11.1. The van der Waals surface area contributed by atoms with Crippen LogP contribution in [0.4, 0.5) is 5.69 Å². The number of carbonyl (C=O) groups is 1. The zero-order valence-corrected chi connectivity index (χ0v) is 23.7. The van der Waals surface area contributed by atoms with Crippen molar-refractivity contribution in [3.63, 3.8) is 0 Å². The van der Waals surface area contributed by atoms with E-state index in [1.807, 2.05) is 30.6 Å². The summed E-state index contributed by atoms with van der Waals surface area (Å²) < 4.78 is 0. The Kier molecular flexibility index (Phi) is 9.15. The van der Waals surface area contributed by atoms with Gasteiger partial charge in [0.05, 0.1) is 17.4 Å². The van der Waals surface area contributed by atoms with Crippen LogP contribution in [0.3, 0.4) is 0 Å². The van der Waals surface area contributed by atoms with Gasteiger partial charge < -0.3 is 10.2 Å². The largest absolute Gasteiger partial charge is 0.319 e. The van der Waals surface area contributed by atoms with Gasteiger partial charge in [0.15, 0.2) is 5.69 Å². The third kappa shape index (κ3) is 7.10. The van der Waals surface area contributed by atoms with Crippen molar-refractivity contribution in [2.45, 2.75) is 32.7 Å². The third-order valence-corrected chi connectivity index (χ3v) is 7.80. The molecule has 2 aliphatic heterocycles. The quantitative estimate of drug-likeness (QED) is 0.308. The minimum atomic E-state index is -0.259. The van der Waals surface area contributed by atoms with E-state index in [-0.39, 0.29) is 5.91 Å². The number of piperidine rings is 1. The number of nitrogens with zero attached hydrogens (tertiary/aromatic N) is 6. The molecule has 9 nitrogen and oxygen atoms in total. The number of hydrogen-bond acceptors (Lipinski definition) is 7. The Balaban J connectivity index is 1.30. The molecule has 0 bridgehead atoms. The number of rotatable bonds is 9. The molecule has 0 unspecified atom stereocenters. The van der Waals surface area contributed by atoms with E-state index in [9.17, 15) is 4.79 Å². The third-order valence-electron chi connectivity index (χ3n) is 7.80. The van der Waals surface area contributed by atoms with Crippen LogP contribution in [-0.2, 0) is 6.54 Å². The van der Waals surface area contributed by atoms with Crippen molar-refractivity contribution >= 4 is 34.8 Å². The Morgan fingerprint density at radius 3 is 2.65 bits per heavy atom. The first-order valence-corrected chi connectivity index (χ1v) is 14.2. The van der Waals surface area contributed by atoms with Gasteiger partial charge >= 0.3 is 0 Å². The van der Waals surface area contributed by atoms with Gasteiger partial charge in [-0.15, -0.1) is 0 Å². The molecule has 5 rings (SSSR count). The van der Waals surface area contributed by atoms with Gasteiger partial charge in [0, 0.05) is 57.1 Å². The second-order valence-electron chi connectivity index (χ2n) is 11.0. The highest BCUT2D eigenvalue weighted by Gasteiger charge is 2.18. The molecule has 0 aliphatic carbocycles. The number of benzene rings is 1. The lowest BCUT2D eigenvalue weighted by molar-refractivity contribution is 0.102. The predicted octanol–water partition coefficient (Wildman–Crippen LogP) is 4.43. The lowest BCUT2D eigenvalue weighted by atomic mass is 10.0. The van der Waals surface area contributed by atoms with Crippen LogP contribution in [0.2, 0.25) is 0 Å². The molecule has 0 saturated carbocycles. The summed E-state index contributed by atoms with van der Waals surface area (Å²) in [5.41, 5.74) is 6.20. The monoisotopic (exact) mass is 540 g/mol. The lowest BCUT2D eigenvalue weighted by Gasteiger charge is -2.32. The lowest BCUT2D eigenvalue weighted by Crippen LogP contribution is -2.43. The molecule has 0 spiro atoms. The fourth-order valence-corrected chi connectivity index (χ4v) is 5.51. The Labute approximate surface area is 236 Å². The van der Waals surface area contributed by atoms with Gasteiger partial charge in [-0.25, -0.2) is 0 Å². The van der Waals surface area contributed by atoms with Crippen LogP contribution >= 0.6 is 0 Å². The van der Waals surface area contributed by atoms with E-state index in [0.717, 1.165) is 85.5 Å². The smallest absolute Gasteiger partial charge is 0.276 e. The van der Waals surface area contributed by atoms with Crippen molar-refractivity contribution in [2.75, 3.05) is 58.2 Å². The molecule has 2 aliphatic rings. The number of amides is 1. The van der Waals surface area contributed by atoms with Crippen molar-refractivity contribution in [3.05, 3.63) is 71.3 Å². The highest BCUT2D eigenvalue weighted by Crippen LogP contribution is 2.25. The number of piperazine rings is 1. The van der Waals surface area contributed by atoms with Crippen molar-refractivity contribution in [1.82, 2.24) is 29.9 Å². The van der Waals surface area contributed by atoms with E-state index < -0.39 is 0 Å². The van der Waals surface area contributed by atoms with Gasteiger partial charge in [-0.2, -0.15) is 5.10 Å². The average Bonchev–Trinajstić information content (AvgIpc) is 3.39. The highest BCUT2D eigenvalue weighted by molar-refractivity contribution is 6.11. The molecular formula is C31H40N8O. The maximum Gasteiger partial charge on any atom is 0.276 e. The number of aromatic nitrogens is 3. The molecule has 9 heteroatoms. The number of hydrogen-bond donors (Lipinski definition) is 2. The van der Waals surface area contributed by atoms with E-state index >= 15 is 0 Å². The molecule has 40 heavy (non-hydrogen) atoms. The first-order chi connectivity index (χ1) is 19.5. The molecule has 0 radical (unpaired) electrons. The van der Waals surface area contributed by atoms with Crippen molar-refractivity contribution in [1.29, 1.82) is 0 Å². The number of likely N-dealkylation sites (tertiary alicyclic amines) is 1. The Hall–Kier alpha value is -3.66. The van der Waals surface area contributed by atoms with Crippen molar-refractivity contribution in [2.24, 2.45) is 4.99 Å². The molecule has 4 heterocycles. The van der Waals surface area contributed by atoms with Crippen LogP contribution in [0.5, 0.6) is 0 Å². The molecule has 1 amide bonds. The Morgan fingerprint density at radius 1 is 1.07 bits per heavy atom. The van der Waals surface area contributed by atoms with Gasteiger partial charge in [-0.3, -0.25) is 29.7 Å². The number of nitrogens with one attached hydrogen (secondary N) is 2. The second-order valence-corrected chi connectivity index (χ2v) is 11.0. The Morgan fingerprint density at radius 2 is 1.88 bits per heavy atom. The normalized spacial score (nSPS) is 18.2. The first-order valence-electron chi connectivity index (χ1n) is 14.2. The summed E-state index contributed by atoms with van der Waals surface area (Å²) in [7, 11) is 2.15. The van der Waals surface area contributed by atoms with Crippen LogP contribution in [0, 0.1) is 0 Å². The standard InChI is InChI=1S/C31H40N8O/c1-23(15-24(18-32-2)21-38-9-5-4-6-10-38)26-7-8-29-28(17-26)30(36-35-29)31(40)34-27-16-25(19-33-20-27)22-39-13-11-37(3)12-14-39/h7-8,15-20H,2,4-6,9-14,21-22H2,1,3H3,(H,34,40)(H,35,36)/b23-15+,24-18+. The van der Waals surface area contributed by atoms with Gasteiger partial charge in [0.25, 0.3) is 5.91 Å². The SMILES string of the molecule is C=N/C=C(\C=C(/C)c1ccc2[nH]nc(C(=O)Nc3cncc(CN4CCN(C)CC4)c3)c2c1)CN1CCCCC1. The predicted molar refractivity (Wildman–Crippen MR) is 163 cm³/mol. The number of H-pyrrole nitrogens is 1. The molecule has 2 fully saturated rings. The van der Waals surface area contributed by atoms with Crippen LogP contribution in [0.1, 0.15) is 47.8 Å². The van der Waals surface area contributed by atoms with Gasteiger partial charge in [0.1, 0.15) is 0 Å². The summed E-state index contributed by atoms with van der Waals surface area (Å²) in [6.07, 6.45) is 11.4. The Bertz CT molecular complexity index is 1390. The number of fused-ring (bicyclic) bond motifs is 1. The van der Waals surface area contributed by atoms with Crippen molar-refractivity contribution in [3.8, 4) is 0 Å². The van der Waals surface area contributed by atoms with Crippen LogP contribution in [0.25, 0.3) is 16.5 Å². The van der Waals surface area contributed by atoms with Gasteiger partial charge in [-0.05, 0) is 87.1 Å². The fraction of sp³-hybridized carbons (Fsp3) is 0.419. The van der Waals surface area contributed by atoms with E-state index in [1.165, 1.54) is 19.3 Å². The summed E-state index contributed by atoms with van der Waals surface area (Å²) >= 11 is 0. The number of allylic oxidation sites excluding steroid dienone is 1. The van der Waals surface area contributed by atoms with E-state index in [0.29, 0.717) is 11.4 Å². The summed E-state index contributed by atoms with van der Waals surface area (Å²) in [6.45, 7) is 13.9.